The molecule has 0 saturated heterocycles. The van der Waals surface area contributed by atoms with Crippen molar-refractivity contribution in [2.24, 2.45) is 0 Å². The first-order valence-corrected chi connectivity index (χ1v) is 6.94. The number of nitrogen functional groups attached to an aromatic ring is 1. The van der Waals surface area contributed by atoms with Gasteiger partial charge in [0, 0.05) is 16.8 Å². The Morgan fingerprint density at radius 2 is 1.52 bits per heavy atom. The minimum absolute atomic E-state index is 0.00153. The van der Waals surface area contributed by atoms with Crippen molar-refractivity contribution in [1.82, 2.24) is 0 Å². The van der Waals surface area contributed by atoms with Crippen LogP contribution in [0, 0.1) is 0 Å². The van der Waals surface area contributed by atoms with Gasteiger partial charge in [0.15, 0.2) is 17.3 Å². The van der Waals surface area contributed by atoms with E-state index in [1.54, 1.807) is 12.1 Å². The molecule has 1 unspecified atom stereocenters. The lowest BCUT2D eigenvalue weighted by Gasteiger charge is -2.20. The fourth-order valence-electron chi connectivity index (χ4n) is 2.36. The molecule has 0 heterocycles. The highest BCUT2D eigenvalue weighted by atomic mass is 32.2. The first-order valence-electron chi connectivity index (χ1n) is 5.90. The van der Waals surface area contributed by atoms with E-state index in [0.29, 0.717) is 0 Å². The van der Waals surface area contributed by atoms with Gasteiger partial charge in [-0.15, -0.1) is 0 Å². The van der Waals surface area contributed by atoms with Crippen LogP contribution in [0.25, 0.3) is 0 Å². The summed E-state index contributed by atoms with van der Waals surface area (Å²) in [5, 5.41) is 0. The van der Waals surface area contributed by atoms with Crippen LogP contribution >= 0.6 is 0 Å². The molecular formula is C14H9NO5S. The van der Waals surface area contributed by atoms with Crippen molar-refractivity contribution in [1.29, 1.82) is 0 Å². The summed E-state index contributed by atoms with van der Waals surface area (Å²) in [6, 6.07) is 8.99. The van der Waals surface area contributed by atoms with E-state index in [0.717, 1.165) is 0 Å². The topological polar surface area (TPSA) is 107 Å². The highest BCUT2D eigenvalue weighted by molar-refractivity contribution is 7.74. The van der Waals surface area contributed by atoms with Gasteiger partial charge in [-0.1, -0.05) is 24.3 Å². The summed E-state index contributed by atoms with van der Waals surface area (Å²) in [6.45, 7) is 0. The Balaban J connectivity index is 2.31. The summed E-state index contributed by atoms with van der Waals surface area (Å²) < 4.78 is 24.4. The molecule has 1 aliphatic rings. The maximum Gasteiger partial charge on any atom is 0.357 e. The summed E-state index contributed by atoms with van der Waals surface area (Å²) in [5.74, 6) is -1.02. The Bertz CT molecular complexity index is 815. The van der Waals surface area contributed by atoms with Crippen molar-refractivity contribution < 1.29 is 22.5 Å². The molecule has 0 aliphatic heterocycles. The van der Waals surface area contributed by atoms with E-state index in [-0.39, 0.29) is 33.7 Å². The number of carbonyl (C=O) groups is 2. The van der Waals surface area contributed by atoms with E-state index in [1.165, 1.54) is 24.3 Å². The number of hydrogen-bond donors (Lipinski definition) is 2. The molecule has 2 aromatic carbocycles. The summed E-state index contributed by atoms with van der Waals surface area (Å²) in [6.07, 6.45) is 0. The molecule has 3 rings (SSSR count). The van der Waals surface area contributed by atoms with E-state index in [9.17, 15) is 13.8 Å². The predicted molar refractivity (Wildman–Crippen MR) is 75.6 cm³/mol. The quantitative estimate of drug-likeness (QED) is 0.549. The number of carbonyl (C=O) groups excluding carboxylic acids is 2. The molecule has 6 nitrogen and oxygen atoms in total. The Kier molecular flexibility index (Phi) is 3.08. The number of nitrogens with two attached hydrogens (primary N) is 1. The monoisotopic (exact) mass is 303 g/mol. The van der Waals surface area contributed by atoms with Gasteiger partial charge in [0.25, 0.3) is 0 Å². The minimum Gasteiger partial charge on any atom is -0.398 e. The average Bonchev–Trinajstić information content (AvgIpc) is 2.46. The summed E-state index contributed by atoms with van der Waals surface area (Å²) >= 11 is -2.61. The van der Waals surface area contributed by atoms with Gasteiger partial charge in [0.1, 0.15) is 0 Å². The third-order valence-corrected chi connectivity index (χ3v) is 3.55. The first kappa shape index (κ1) is 13.5. The third kappa shape index (κ3) is 2.03. The zero-order valence-electron chi connectivity index (χ0n) is 10.5. The second kappa shape index (κ2) is 4.80. The van der Waals surface area contributed by atoms with E-state index < -0.39 is 22.9 Å². The number of fused-ring (bicyclic) bond motifs is 2. The fourth-order valence-corrected chi connectivity index (χ4v) is 2.66. The van der Waals surface area contributed by atoms with Gasteiger partial charge in [-0.05, 0) is 12.1 Å². The number of benzene rings is 2. The zero-order valence-corrected chi connectivity index (χ0v) is 11.3. The van der Waals surface area contributed by atoms with Crippen LogP contribution in [-0.4, -0.2) is 20.3 Å². The maximum absolute atomic E-state index is 12.5. The van der Waals surface area contributed by atoms with Gasteiger partial charge in [-0.3, -0.25) is 14.1 Å². The molecule has 0 aromatic heterocycles. The Labute approximate surface area is 122 Å². The molecule has 1 atom stereocenters. The van der Waals surface area contributed by atoms with Crippen molar-refractivity contribution in [3.05, 3.63) is 58.7 Å². The van der Waals surface area contributed by atoms with Crippen molar-refractivity contribution in [3.8, 4) is 5.75 Å². The van der Waals surface area contributed by atoms with Crippen LogP contribution in [0.3, 0.4) is 0 Å². The lowest BCUT2D eigenvalue weighted by Crippen LogP contribution is -2.23. The maximum atomic E-state index is 12.5. The fraction of sp³-hybridized carbons (Fsp3) is 0. The van der Waals surface area contributed by atoms with Crippen LogP contribution in [0.5, 0.6) is 5.75 Å². The molecule has 0 spiro atoms. The molecule has 0 fully saturated rings. The summed E-state index contributed by atoms with van der Waals surface area (Å²) in [5.41, 5.74) is 6.29. The molecule has 2 aromatic rings. The van der Waals surface area contributed by atoms with Crippen molar-refractivity contribution in [2.75, 3.05) is 5.73 Å². The third-order valence-electron chi connectivity index (χ3n) is 3.23. The average molecular weight is 303 g/mol. The first-order chi connectivity index (χ1) is 10.0. The van der Waals surface area contributed by atoms with Crippen molar-refractivity contribution >= 4 is 28.6 Å². The van der Waals surface area contributed by atoms with Gasteiger partial charge in [0.2, 0.25) is 0 Å². The molecule has 3 N–H and O–H groups in total. The highest BCUT2D eigenvalue weighted by Crippen LogP contribution is 2.36. The molecule has 0 saturated carbocycles. The minimum atomic E-state index is -2.61. The Morgan fingerprint density at radius 3 is 2.10 bits per heavy atom. The molecule has 1 aliphatic carbocycles. The van der Waals surface area contributed by atoms with E-state index >= 15 is 0 Å². The lowest BCUT2D eigenvalue weighted by molar-refractivity contribution is 0.0978. The van der Waals surface area contributed by atoms with E-state index in [4.69, 9.17) is 14.5 Å². The highest BCUT2D eigenvalue weighted by Gasteiger charge is 2.34. The van der Waals surface area contributed by atoms with Gasteiger partial charge >= 0.3 is 11.4 Å². The van der Waals surface area contributed by atoms with Crippen molar-refractivity contribution in [2.45, 2.75) is 0 Å². The second-order valence-electron chi connectivity index (χ2n) is 4.41. The molecule has 106 valence electrons. The van der Waals surface area contributed by atoms with Crippen LogP contribution in [0.1, 0.15) is 31.8 Å². The summed E-state index contributed by atoms with van der Waals surface area (Å²) in [7, 11) is 0. The predicted octanol–water partition coefficient (Wildman–Crippen LogP) is 1.56. The van der Waals surface area contributed by atoms with Crippen LogP contribution in [0.4, 0.5) is 5.69 Å². The van der Waals surface area contributed by atoms with Gasteiger partial charge in [0.05, 0.1) is 11.1 Å². The number of rotatable bonds is 2. The number of anilines is 1. The smallest absolute Gasteiger partial charge is 0.357 e. The SMILES string of the molecule is Nc1ccc(OS(=O)O)c2c1C(=O)c1ccccc1C2=O. The molecule has 0 amide bonds. The van der Waals surface area contributed by atoms with Crippen LogP contribution in [-0.2, 0) is 11.4 Å². The molecule has 0 radical (unpaired) electrons. The van der Waals surface area contributed by atoms with Crippen molar-refractivity contribution in [3.63, 3.8) is 0 Å². The van der Waals surface area contributed by atoms with Crippen LogP contribution in [0.15, 0.2) is 36.4 Å². The van der Waals surface area contributed by atoms with Gasteiger partial charge in [-0.2, -0.15) is 4.21 Å². The van der Waals surface area contributed by atoms with E-state index in [1.807, 2.05) is 0 Å². The number of hydrogen-bond acceptors (Lipinski definition) is 5. The summed E-state index contributed by atoms with van der Waals surface area (Å²) in [4.78, 5) is 25.0. The van der Waals surface area contributed by atoms with Gasteiger partial charge < -0.3 is 9.92 Å². The van der Waals surface area contributed by atoms with E-state index in [2.05, 4.69) is 0 Å². The standard InChI is InChI=1S/C14H9NO5S/c15-9-5-6-10(20-21(18)19)12-11(9)13(16)7-3-1-2-4-8(7)14(12)17/h1-6H,15H2,(H,18,19). The molecule has 21 heavy (non-hydrogen) atoms. The largest absolute Gasteiger partial charge is 0.398 e. The Hall–Kier alpha value is -2.51. The lowest BCUT2D eigenvalue weighted by atomic mass is 9.83. The zero-order chi connectivity index (χ0) is 15.1. The molecule has 7 heteroatoms. The Morgan fingerprint density at radius 1 is 0.952 bits per heavy atom. The van der Waals surface area contributed by atoms with Crippen LogP contribution < -0.4 is 9.92 Å². The molecule has 0 bridgehead atoms. The van der Waals surface area contributed by atoms with Crippen LogP contribution in [0.2, 0.25) is 0 Å². The normalized spacial score (nSPS) is 14.3. The van der Waals surface area contributed by atoms with Gasteiger partial charge in [-0.25, -0.2) is 0 Å². The molecular weight excluding hydrogens is 294 g/mol. The number of ketones is 2. The second-order valence-corrected chi connectivity index (χ2v) is 5.01.